The summed E-state index contributed by atoms with van der Waals surface area (Å²) in [6.07, 6.45) is 1.99. The number of aliphatic carboxylic acids is 5. The highest BCUT2D eigenvalue weighted by atomic mass is 127. The number of carboxylic acids is 5. The maximum absolute atomic E-state index is 14.5. The number of primary amides is 3. The molecular formula is C63H95IN14O20. The minimum atomic E-state index is -1.54. The lowest BCUT2D eigenvalue weighted by atomic mass is 10.0. The molecule has 0 radical (unpaired) electrons. The molecule has 6 atom stereocenters. The quantitative estimate of drug-likeness (QED) is 0.0257. The lowest BCUT2D eigenvalue weighted by Crippen LogP contribution is -2.57. The third-order valence-corrected chi connectivity index (χ3v) is 16.8. The molecule has 1 aliphatic rings. The number of carbonyl (C=O) groups is 14. The second-order valence-electron chi connectivity index (χ2n) is 23.9. The monoisotopic (exact) mass is 1490 g/mol. The van der Waals surface area contributed by atoms with Gasteiger partial charge in [-0.05, 0) is 110 Å². The largest absolute Gasteiger partial charge is 0.507 e. The van der Waals surface area contributed by atoms with Gasteiger partial charge in [0.25, 0.3) is 0 Å². The van der Waals surface area contributed by atoms with Crippen molar-refractivity contribution in [2.75, 3.05) is 85.1 Å². The number of amides is 10. The third kappa shape index (κ3) is 35.4. The highest BCUT2D eigenvalue weighted by molar-refractivity contribution is 14.1. The molecule has 0 aromatic heterocycles. The number of nitrogens with two attached hydrogens (primary N) is 3. The van der Waals surface area contributed by atoms with Gasteiger partial charge in [0.2, 0.25) is 47.3 Å². The molecule has 1 unspecified atom stereocenters. The number of phenolic OH excluding ortho intramolecular Hbond substituents is 1. The van der Waals surface area contributed by atoms with Crippen LogP contribution in [0.15, 0.2) is 48.5 Å². The lowest BCUT2D eigenvalue weighted by molar-refractivity contribution is -0.145. The maximum atomic E-state index is 14.5. The zero-order chi connectivity index (χ0) is 72.7. The van der Waals surface area contributed by atoms with Gasteiger partial charge in [0.1, 0.15) is 42.0 Å². The fourth-order valence-corrected chi connectivity index (χ4v) is 11.2. The normalized spacial score (nSPS) is 15.3. The van der Waals surface area contributed by atoms with Gasteiger partial charge >= 0.3 is 35.9 Å². The van der Waals surface area contributed by atoms with E-state index in [2.05, 4.69) is 37.2 Å². The summed E-state index contributed by atoms with van der Waals surface area (Å²) in [7, 11) is 0. The minimum absolute atomic E-state index is 0.0279. The van der Waals surface area contributed by atoms with Crippen molar-refractivity contribution in [2.24, 2.45) is 17.2 Å². The second-order valence-corrected chi connectivity index (χ2v) is 25.0. The van der Waals surface area contributed by atoms with Gasteiger partial charge in [-0.25, -0.2) is 19.2 Å². The SMILES string of the molecule is NC(=O)CN1CCN(CC(N)=O)CCN([C@@H](CCC(=O)N[C@H](Cc2ccc(O)c(I)c2)C(=O)NC(Cc2ccccc2)C(=O)N[C@H](CCCCNC(=O)CCCCCCC(=O)NCCCC[C@H](NC(=O)N[C@@H](CCC(=O)O)C(=O)O)C(=O)O)C(=O)O)C(=O)O)CCN(CC(N)=O)CC1. The van der Waals surface area contributed by atoms with Gasteiger partial charge in [-0.15, -0.1) is 0 Å². The zero-order valence-electron chi connectivity index (χ0n) is 54.8. The lowest BCUT2D eigenvalue weighted by Gasteiger charge is -2.35. The first-order valence-corrected chi connectivity index (χ1v) is 33.5. The van der Waals surface area contributed by atoms with E-state index in [-0.39, 0.29) is 160 Å². The molecule has 2 aromatic carbocycles. The van der Waals surface area contributed by atoms with E-state index in [9.17, 15) is 92.7 Å². The van der Waals surface area contributed by atoms with Gasteiger partial charge in [0, 0.05) is 104 Å². The Hall–Kier alpha value is -8.81. The summed E-state index contributed by atoms with van der Waals surface area (Å²) in [5, 5.41) is 76.5. The number of nitrogens with zero attached hydrogens (tertiary/aromatic N) is 4. The van der Waals surface area contributed by atoms with Crippen molar-refractivity contribution in [3.63, 3.8) is 0 Å². The predicted molar refractivity (Wildman–Crippen MR) is 360 cm³/mol. The number of carbonyl (C=O) groups excluding carboxylic acids is 9. The van der Waals surface area contributed by atoms with E-state index in [0.717, 1.165) is 0 Å². The van der Waals surface area contributed by atoms with Crippen LogP contribution in [-0.4, -0.2) is 255 Å². The molecule has 34 nitrogen and oxygen atoms in total. The molecular weight excluding hydrogens is 1400 g/mol. The topological polar surface area (TPSA) is 536 Å². The van der Waals surface area contributed by atoms with E-state index in [1.807, 2.05) is 22.6 Å². The van der Waals surface area contributed by atoms with Gasteiger partial charge in [0.15, 0.2) is 0 Å². The number of rotatable bonds is 45. The summed E-state index contributed by atoms with van der Waals surface area (Å²) in [5.74, 6) is -11.7. The Morgan fingerprint density at radius 2 is 0.857 bits per heavy atom. The van der Waals surface area contributed by atoms with Gasteiger partial charge in [-0.1, -0.05) is 49.2 Å². The summed E-state index contributed by atoms with van der Waals surface area (Å²) < 4.78 is 0.420. The number of urea groups is 1. The number of carboxylic acid groups (broad SMARTS) is 5. The van der Waals surface area contributed by atoms with Crippen molar-refractivity contribution >= 4 is 106 Å². The number of hydrogen-bond acceptors (Lipinski definition) is 19. The van der Waals surface area contributed by atoms with E-state index in [4.69, 9.17) is 22.3 Å². The van der Waals surface area contributed by atoms with E-state index in [1.165, 1.54) is 12.1 Å². The molecule has 35 heteroatoms. The Bertz CT molecular complexity index is 2970. The average molecular weight is 1500 g/mol. The summed E-state index contributed by atoms with van der Waals surface area (Å²) in [5.41, 5.74) is 17.7. The number of benzene rings is 2. The van der Waals surface area contributed by atoms with Crippen molar-refractivity contribution < 1.29 is 97.8 Å². The Balaban J connectivity index is 1.58. The number of nitrogens with one attached hydrogen (secondary N) is 7. The van der Waals surface area contributed by atoms with Crippen molar-refractivity contribution in [3.05, 3.63) is 63.2 Å². The van der Waals surface area contributed by atoms with Crippen molar-refractivity contribution in [1.82, 2.24) is 56.8 Å². The number of hydrogen-bond donors (Lipinski definition) is 16. The van der Waals surface area contributed by atoms with Crippen LogP contribution in [0.1, 0.15) is 114 Å². The molecule has 2 aromatic rings. The van der Waals surface area contributed by atoms with Crippen LogP contribution >= 0.6 is 22.6 Å². The number of halogens is 1. The summed E-state index contributed by atoms with van der Waals surface area (Å²) >= 11 is 1.89. The Morgan fingerprint density at radius 1 is 0.429 bits per heavy atom. The van der Waals surface area contributed by atoms with E-state index in [0.29, 0.717) is 53.2 Å². The molecule has 1 aliphatic heterocycles. The second kappa shape index (κ2) is 45.6. The van der Waals surface area contributed by atoms with Gasteiger partial charge in [-0.3, -0.25) is 67.5 Å². The summed E-state index contributed by atoms with van der Waals surface area (Å²) in [6, 6.07) is 3.51. The molecule has 10 amide bonds. The predicted octanol–water partition coefficient (Wildman–Crippen LogP) is -1.78. The van der Waals surface area contributed by atoms with Crippen LogP contribution < -0.4 is 54.4 Å². The van der Waals surface area contributed by atoms with Crippen LogP contribution in [0.3, 0.4) is 0 Å². The van der Waals surface area contributed by atoms with Gasteiger partial charge in [-0.2, -0.15) is 0 Å². The third-order valence-electron chi connectivity index (χ3n) is 15.9. The van der Waals surface area contributed by atoms with Crippen LogP contribution in [0.5, 0.6) is 5.75 Å². The molecule has 544 valence electrons. The molecule has 0 saturated carbocycles. The van der Waals surface area contributed by atoms with Crippen molar-refractivity contribution in [2.45, 2.75) is 152 Å². The van der Waals surface area contributed by atoms with Crippen molar-refractivity contribution in [1.29, 1.82) is 0 Å². The summed E-state index contributed by atoms with van der Waals surface area (Å²) in [4.78, 5) is 182. The molecule has 19 N–H and O–H groups in total. The van der Waals surface area contributed by atoms with E-state index in [1.54, 1.807) is 56.0 Å². The molecule has 1 fully saturated rings. The molecule has 0 aliphatic carbocycles. The standard InChI is InChI=1S/C63H95IN14O20/c64-42-34-41(18-21-49(42)79)36-46(70-55(85)22-20-48(62(96)97)78-32-30-76(38-51(66)81)28-26-75(37-50(65)80)27-29-77(31-33-78)39-52(67)82)57(88)72-47(35-40-12-4-3-5-13-40)58(89)71-43(59(90)91)14-8-10-24-68-53(83)16-6-1-2-7-17-54(84)69-25-11-9-15-44(60(92)93)73-63(98)74-45(61(94)95)19-23-56(86)87/h3-5,12-13,18,21,34,43-48,79H,1-2,6-11,14-17,19-20,22-33,35-39H2,(H2,65,80)(H2,66,81)(H2,67,82)(H,68,83)(H,69,84)(H,70,85)(H,71,89)(H,72,88)(H,86,87)(H,90,91)(H,92,93)(H,94,95)(H,96,97)(H2,73,74,98)/t43-,44+,45+,46-,47?,48+/m1/s1. The molecule has 0 bridgehead atoms. The first-order chi connectivity index (χ1) is 46.5. The number of aromatic hydroxyl groups is 1. The number of phenols is 1. The Kier molecular flexibility index (Phi) is 38.9. The van der Waals surface area contributed by atoms with Crippen molar-refractivity contribution in [3.8, 4) is 5.75 Å². The van der Waals surface area contributed by atoms with Gasteiger partial charge < -0.3 is 85.1 Å². The average Bonchev–Trinajstić information content (AvgIpc) is 0.864. The fourth-order valence-electron chi connectivity index (χ4n) is 10.6. The molecule has 0 spiro atoms. The molecule has 98 heavy (non-hydrogen) atoms. The summed E-state index contributed by atoms with van der Waals surface area (Å²) in [6.45, 7) is 1.31. The highest BCUT2D eigenvalue weighted by Gasteiger charge is 2.33. The van der Waals surface area contributed by atoms with Crippen LogP contribution in [0, 0.1) is 3.57 Å². The minimum Gasteiger partial charge on any atom is -0.507 e. The first-order valence-electron chi connectivity index (χ1n) is 32.4. The maximum Gasteiger partial charge on any atom is 0.326 e. The van der Waals surface area contributed by atoms with Crippen LogP contribution in [0.4, 0.5) is 4.79 Å². The Labute approximate surface area is 580 Å². The number of unbranched alkanes of at least 4 members (excludes halogenated alkanes) is 5. The van der Waals surface area contributed by atoms with E-state index >= 15 is 0 Å². The van der Waals surface area contributed by atoms with Crippen LogP contribution in [0.25, 0.3) is 0 Å². The highest BCUT2D eigenvalue weighted by Crippen LogP contribution is 2.22. The molecule has 1 heterocycles. The molecule has 3 rings (SSSR count). The van der Waals surface area contributed by atoms with Crippen LogP contribution in [0.2, 0.25) is 0 Å². The smallest absolute Gasteiger partial charge is 0.326 e. The first kappa shape index (κ1) is 83.4. The van der Waals surface area contributed by atoms with Gasteiger partial charge in [0.05, 0.1) is 23.2 Å². The van der Waals surface area contributed by atoms with Crippen LogP contribution in [-0.2, 0) is 75.2 Å². The fraction of sp³-hybridized carbons (Fsp3) is 0.587. The zero-order valence-corrected chi connectivity index (χ0v) is 57.0. The Morgan fingerprint density at radius 3 is 1.30 bits per heavy atom. The van der Waals surface area contributed by atoms with E-state index < -0.39 is 127 Å². The molecule has 1 saturated heterocycles.